The van der Waals surface area contributed by atoms with Crippen LogP contribution in [0.25, 0.3) is 0 Å². The lowest BCUT2D eigenvalue weighted by atomic mass is 10.2. The van der Waals surface area contributed by atoms with E-state index in [1.807, 2.05) is 0 Å². The molecule has 0 aromatic carbocycles. The van der Waals surface area contributed by atoms with Crippen molar-refractivity contribution in [2.24, 2.45) is 0 Å². The molecule has 0 aromatic heterocycles. The van der Waals surface area contributed by atoms with Crippen molar-refractivity contribution in [2.75, 3.05) is 59.9 Å². The van der Waals surface area contributed by atoms with Crippen LogP contribution in [0.4, 0.5) is 0 Å². The third kappa shape index (κ3) is 8.39. The Balaban J connectivity index is 4.27. The first-order valence-corrected chi connectivity index (χ1v) is 8.30. The first-order valence-electron chi connectivity index (χ1n) is 8.30. The number of carbonyl (C=O) groups excluding carboxylic acids is 1. The van der Waals surface area contributed by atoms with Crippen LogP contribution in [0.5, 0.6) is 0 Å². The molecule has 0 saturated heterocycles. The maximum atomic E-state index is 10.8. The molecule has 0 heterocycles. The highest BCUT2D eigenvalue weighted by molar-refractivity contribution is 5.72. The molecule has 0 aliphatic carbocycles. The fourth-order valence-electron chi connectivity index (χ4n) is 3.00. The van der Waals surface area contributed by atoms with E-state index in [0.717, 1.165) is 54.7 Å². The molecule has 0 radical (unpaired) electrons. The smallest absolute Gasteiger partial charge is 0.216 e. The summed E-state index contributed by atoms with van der Waals surface area (Å²) in [7, 11) is 4.30. The Labute approximate surface area is 131 Å². The second-order valence-electron chi connectivity index (χ2n) is 6.81. The molecule has 1 atom stereocenters. The van der Waals surface area contributed by atoms with E-state index in [0.29, 0.717) is 6.54 Å². The summed E-state index contributed by atoms with van der Waals surface area (Å²) in [5, 5.41) is 13.3. The van der Waals surface area contributed by atoms with E-state index in [4.69, 9.17) is 0 Å². The Morgan fingerprint density at radius 3 is 2.05 bits per heavy atom. The van der Waals surface area contributed by atoms with Gasteiger partial charge in [-0.2, -0.15) is 0 Å². The van der Waals surface area contributed by atoms with E-state index >= 15 is 0 Å². The fourth-order valence-corrected chi connectivity index (χ4v) is 3.00. The van der Waals surface area contributed by atoms with Gasteiger partial charge in [0.25, 0.3) is 0 Å². The van der Waals surface area contributed by atoms with Gasteiger partial charge in [0.15, 0.2) is 6.10 Å². The predicted octanol–water partition coefficient (Wildman–Crippen LogP) is 0.826. The molecular formula is C16H37N3O2+2. The number of likely N-dealkylation sites (N-methyl/N-ethyl adjacent to an activating group) is 2. The number of nitrogens with one attached hydrogen (secondary N) is 1. The van der Waals surface area contributed by atoms with Crippen LogP contribution >= 0.6 is 0 Å². The van der Waals surface area contributed by atoms with Gasteiger partial charge >= 0.3 is 0 Å². The summed E-state index contributed by atoms with van der Waals surface area (Å²) < 4.78 is 1.77. The van der Waals surface area contributed by atoms with E-state index < -0.39 is 0 Å². The molecule has 0 aliphatic rings. The van der Waals surface area contributed by atoms with Crippen LogP contribution in [0.2, 0.25) is 0 Å². The Bertz CT molecular complexity index is 294. The molecule has 0 bridgehead atoms. The highest BCUT2D eigenvalue weighted by Crippen LogP contribution is 2.10. The molecule has 0 saturated carbocycles. The summed E-state index contributed by atoms with van der Waals surface area (Å²) in [5.41, 5.74) is 0. The zero-order valence-electron chi connectivity index (χ0n) is 15.0. The molecule has 0 spiro atoms. The molecule has 5 nitrogen and oxygen atoms in total. The van der Waals surface area contributed by atoms with E-state index in [9.17, 15) is 9.90 Å². The minimum atomic E-state index is -0.277. The van der Waals surface area contributed by atoms with Gasteiger partial charge in [-0.3, -0.25) is 4.79 Å². The summed E-state index contributed by atoms with van der Waals surface area (Å²) in [4.78, 5) is 10.8. The zero-order chi connectivity index (χ0) is 16.5. The van der Waals surface area contributed by atoms with E-state index in [-0.39, 0.29) is 12.0 Å². The van der Waals surface area contributed by atoms with Gasteiger partial charge in [-0.15, -0.1) is 0 Å². The molecular weight excluding hydrogens is 266 g/mol. The van der Waals surface area contributed by atoms with Gasteiger partial charge in [0.1, 0.15) is 13.1 Å². The molecule has 5 heteroatoms. The highest BCUT2D eigenvalue weighted by atomic mass is 16.3. The van der Waals surface area contributed by atoms with Crippen molar-refractivity contribution < 1.29 is 18.9 Å². The van der Waals surface area contributed by atoms with Gasteiger partial charge < -0.3 is 19.4 Å². The first kappa shape index (κ1) is 20.3. The molecule has 0 aromatic rings. The molecule has 0 aliphatic heterocycles. The lowest BCUT2D eigenvalue weighted by molar-refractivity contribution is -0.935. The van der Waals surface area contributed by atoms with Crippen LogP contribution in [-0.2, 0) is 4.79 Å². The summed E-state index contributed by atoms with van der Waals surface area (Å²) in [6, 6.07) is 0. The van der Waals surface area contributed by atoms with Crippen LogP contribution in [0.15, 0.2) is 0 Å². The molecule has 126 valence electrons. The third-order valence-corrected chi connectivity index (χ3v) is 4.63. The van der Waals surface area contributed by atoms with Crippen LogP contribution in [0.3, 0.4) is 0 Å². The Morgan fingerprint density at radius 2 is 1.62 bits per heavy atom. The third-order valence-electron chi connectivity index (χ3n) is 4.63. The summed E-state index contributed by atoms with van der Waals surface area (Å²) >= 11 is 0. The molecule has 21 heavy (non-hydrogen) atoms. The van der Waals surface area contributed by atoms with Crippen molar-refractivity contribution in [3.8, 4) is 0 Å². The Morgan fingerprint density at radius 1 is 1.10 bits per heavy atom. The topological polar surface area (TPSA) is 49.3 Å². The number of hydrogen-bond acceptors (Lipinski definition) is 2. The van der Waals surface area contributed by atoms with Crippen LogP contribution in [0.1, 0.15) is 34.1 Å². The molecule has 1 amide bonds. The quantitative estimate of drug-likeness (QED) is 0.439. The van der Waals surface area contributed by atoms with Gasteiger partial charge in [-0.25, -0.2) is 0 Å². The average Bonchev–Trinajstić information content (AvgIpc) is 2.40. The van der Waals surface area contributed by atoms with E-state index in [2.05, 4.69) is 40.2 Å². The van der Waals surface area contributed by atoms with Crippen molar-refractivity contribution >= 4 is 5.91 Å². The Hall–Kier alpha value is -0.650. The Kier molecular flexibility index (Phi) is 9.09. The van der Waals surface area contributed by atoms with Crippen LogP contribution < -0.4 is 5.32 Å². The van der Waals surface area contributed by atoms with Crippen molar-refractivity contribution in [2.45, 2.75) is 40.2 Å². The number of carbonyl (C=O) groups is 1. The fraction of sp³-hybridized carbons (Fsp3) is 0.938. The number of nitrogens with zero attached hydrogens (tertiary/aromatic N) is 2. The van der Waals surface area contributed by atoms with Crippen molar-refractivity contribution in [1.29, 1.82) is 0 Å². The minimum absolute atomic E-state index is 0.0243. The number of rotatable bonds is 11. The second kappa shape index (κ2) is 9.38. The lowest BCUT2D eigenvalue weighted by Gasteiger charge is -2.39. The minimum Gasteiger partial charge on any atom is -0.382 e. The van der Waals surface area contributed by atoms with Crippen molar-refractivity contribution in [3.63, 3.8) is 0 Å². The maximum Gasteiger partial charge on any atom is 0.216 e. The first-order chi connectivity index (χ1) is 9.70. The number of amides is 1. The lowest BCUT2D eigenvalue weighted by Crippen LogP contribution is -2.56. The van der Waals surface area contributed by atoms with Gasteiger partial charge in [0, 0.05) is 19.9 Å². The number of aliphatic hydroxyl groups excluding tert-OH is 1. The summed E-state index contributed by atoms with van der Waals surface area (Å²) in [6.45, 7) is 14.6. The highest BCUT2D eigenvalue weighted by Gasteiger charge is 2.29. The van der Waals surface area contributed by atoms with E-state index in [1.54, 1.807) is 6.92 Å². The maximum absolute atomic E-state index is 10.8. The molecule has 0 fully saturated rings. The average molecular weight is 303 g/mol. The standard InChI is InChI=1S/C16H36N3O2/c1-7-19(8-2,9-3)14-16(21)13-18(5,6)12-10-11-17-15(4)20/h16,21H,7-14H2,1-6H3/q+1/p+1. The molecule has 1 unspecified atom stereocenters. The van der Waals surface area contributed by atoms with Crippen molar-refractivity contribution in [3.05, 3.63) is 0 Å². The summed E-state index contributed by atoms with van der Waals surface area (Å²) in [6.07, 6.45) is 0.662. The van der Waals surface area contributed by atoms with Crippen LogP contribution in [0, 0.1) is 0 Å². The SMILES string of the molecule is CC[N+](CC)(CC)CC(O)C[N+](C)(C)CCCNC(C)=O. The van der Waals surface area contributed by atoms with Gasteiger partial charge in [0.2, 0.25) is 5.91 Å². The summed E-state index contributed by atoms with van der Waals surface area (Å²) in [5.74, 6) is 0.0243. The van der Waals surface area contributed by atoms with Gasteiger partial charge in [0.05, 0.1) is 40.3 Å². The molecule has 2 N–H and O–H groups in total. The monoisotopic (exact) mass is 303 g/mol. The zero-order valence-corrected chi connectivity index (χ0v) is 15.0. The second-order valence-corrected chi connectivity index (χ2v) is 6.81. The van der Waals surface area contributed by atoms with Gasteiger partial charge in [-0.05, 0) is 20.8 Å². The number of quaternary nitrogens is 2. The van der Waals surface area contributed by atoms with Crippen molar-refractivity contribution in [1.82, 2.24) is 5.32 Å². The van der Waals surface area contributed by atoms with Gasteiger partial charge in [-0.1, -0.05) is 0 Å². The normalized spacial score (nSPS) is 14.0. The largest absolute Gasteiger partial charge is 0.382 e. The predicted molar refractivity (Wildman–Crippen MR) is 87.9 cm³/mol. The molecule has 0 rings (SSSR count). The van der Waals surface area contributed by atoms with Crippen LogP contribution in [-0.4, -0.2) is 86.0 Å². The number of hydrogen-bond donors (Lipinski definition) is 2. The number of aliphatic hydroxyl groups is 1. The van der Waals surface area contributed by atoms with E-state index in [1.165, 1.54) is 0 Å².